The molecule has 0 saturated carbocycles. The second-order valence-corrected chi connectivity index (χ2v) is 5.61. The number of hydrogen-bond acceptors (Lipinski definition) is 8. The van der Waals surface area contributed by atoms with Crippen LogP contribution >= 0.6 is 0 Å². The predicted molar refractivity (Wildman–Crippen MR) is 100 cm³/mol. The van der Waals surface area contributed by atoms with E-state index in [9.17, 15) is 14.9 Å². The van der Waals surface area contributed by atoms with E-state index in [1.54, 1.807) is 25.1 Å². The Morgan fingerprint density at radius 2 is 1.74 bits per heavy atom. The summed E-state index contributed by atoms with van der Waals surface area (Å²) in [6.45, 7) is 1.80. The van der Waals surface area contributed by atoms with Crippen LogP contribution in [0.2, 0.25) is 0 Å². The second-order valence-electron chi connectivity index (χ2n) is 5.61. The van der Waals surface area contributed by atoms with Gasteiger partial charge in [-0.05, 0) is 31.2 Å². The van der Waals surface area contributed by atoms with Gasteiger partial charge in [-0.15, -0.1) is 0 Å². The van der Waals surface area contributed by atoms with Gasteiger partial charge in [-0.2, -0.15) is 10.2 Å². The van der Waals surface area contributed by atoms with E-state index in [1.165, 1.54) is 24.3 Å². The molecule has 0 radical (unpaired) electrons. The molecule has 0 unspecified atom stereocenters. The minimum atomic E-state index is -0.478. The average molecular weight is 372 g/mol. The smallest absolute Gasteiger partial charge is 0.344 e. The normalized spacial score (nSPS) is 10.6. The van der Waals surface area contributed by atoms with E-state index in [0.29, 0.717) is 17.1 Å². The van der Waals surface area contributed by atoms with Crippen molar-refractivity contribution in [3.63, 3.8) is 0 Å². The minimum absolute atomic E-state index is 0.0149. The van der Waals surface area contributed by atoms with E-state index >= 15 is 0 Å². The Labute approximate surface area is 156 Å². The van der Waals surface area contributed by atoms with Gasteiger partial charge in [0.25, 0.3) is 5.69 Å². The van der Waals surface area contributed by atoms with Crippen molar-refractivity contribution in [1.29, 1.82) is 0 Å². The van der Waals surface area contributed by atoms with E-state index in [0.717, 1.165) is 5.69 Å². The Hall–Kier alpha value is -3.49. The molecule has 9 heteroatoms. The Morgan fingerprint density at radius 3 is 2.33 bits per heavy atom. The molecule has 2 rings (SSSR count). The second kappa shape index (κ2) is 9.27. The number of rotatable bonds is 8. The highest BCUT2D eigenvalue weighted by molar-refractivity contribution is 5.72. The number of nitrogens with zero attached hydrogens (tertiary/aromatic N) is 4. The summed E-state index contributed by atoms with van der Waals surface area (Å²) >= 11 is 0. The zero-order valence-corrected chi connectivity index (χ0v) is 15.3. The van der Waals surface area contributed by atoms with Gasteiger partial charge >= 0.3 is 5.97 Å². The van der Waals surface area contributed by atoms with Gasteiger partial charge in [0.15, 0.2) is 6.61 Å². The zero-order chi connectivity index (χ0) is 19.8. The monoisotopic (exact) mass is 372 g/mol. The highest BCUT2D eigenvalue weighted by atomic mass is 16.6. The Kier molecular flexibility index (Phi) is 6.81. The molecule has 0 aliphatic rings. The van der Waals surface area contributed by atoms with Crippen LogP contribution in [0.3, 0.4) is 0 Å². The van der Waals surface area contributed by atoms with Crippen molar-refractivity contribution in [1.82, 2.24) is 0 Å². The summed E-state index contributed by atoms with van der Waals surface area (Å²) in [5.41, 5.74) is 1.75. The summed E-state index contributed by atoms with van der Waals surface area (Å²) in [7, 11) is 3.70. The lowest BCUT2D eigenvalue weighted by molar-refractivity contribution is -0.384. The Balaban J connectivity index is 2.17. The van der Waals surface area contributed by atoms with Crippen LogP contribution in [0.1, 0.15) is 6.92 Å². The first-order valence-corrected chi connectivity index (χ1v) is 8.16. The fourth-order valence-corrected chi connectivity index (χ4v) is 2.15. The number of carbonyl (C=O) groups is 1. The summed E-state index contributed by atoms with van der Waals surface area (Å²) in [4.78, 5) is 23.6. The number of non-ortho nitro benzene ring substituents is 1. The van der Waals surface area contributed by atoms with Crippen molar-refractivity contribution in [2.75, 3.05) is 32.2 Å². The van der Waals surface area contributed by atoms with Crippen molar-refractivity contribution in [3.05, 3.63) is 52.6 Å². The molecular weight excluding hydrogens is 352 g/mol. The van der Waals surface area contributed by atoms with E-state index in [1.807, 2.05) is 19.0 Å². The highest BCUT2D eigenvalue weighted by Gasteiger charge is 2.10. The van der Waals surface area contributed by atoms with Gasteiger partial charge in [-0.1, -0.05) is 0 Å². The minimum Gasteiger partial charge on any atom is -0.480 e. The van der Waals surface area contributed by atoms with Gasteiger partial charge in [-0.25, -0.2) is 4.79 Å². The summed E-state index contributed by atoms with van der Waals surface area (Å²) < 4.78 is 10.4. The molecule has 0 aliphatic carbocycles. The largest absolute Gasteiger partial charge is 0.480 e. The van der Waals surface area contributed by atoms with Gasteiger partial charge in [0, 0.05) is 32.3 Å². The highest BCUT2D eigenvalue weighted by Crippen LogP contribution is 2.32. The number of nitro benzene ring substituents is 1. The van der Waals surface area contributed by atoms with Crippen molar-refractivity contribution in [2.24, 2.45) is 10.2 Å². The van der Waals surface area contributed by atoms with Crippen molar-refractivity contribution >= 4 is 28.7 Å². The number of esters is 1. The third-order valence-corrected chi connectivity index (χ3v) is 3.42. The van der Waals surface area contributed by atoms with Crippen LogP contribution in [0.15, 0.2) is 52.7 Å². The maximum atomic E-state index is 11.5. The quantitative estimate of drug-likeness (QED) is 0.300. The molecule has 0 N–H and O–H groups in total. The molecular formula is C18H20N4O5. The number of benzene rings is 2. The molecule has 2 aromatic carbocycles. The lowest BCUT2D eigenvalue weighted by atomic mass is 10.2. The molecule has 0 bridgehead atoms. The lowest BCUT2D eigenvalue weighted by Crippen LogP contribution is -2.16. The molecule has 0 aliphatic heterocycles. The molecule has 27 heavy (non-hydrogen) atoms. The van der Waals surface area contributed by atoms with E-state index < -0.39 is 10.9 Å². The number of nitro groups is 1. The number of azo groups is 1. The topological polar surface area (TPSA) is 107 Å². The maximum absolute atomic E-state index is 11.5. The molecule has 0 heterocycles. The van der Waals surface area contributed by atoms with Crippen LogP contribution in [0.25, 0.3) is 0 Å². The van der Waals surface area contributed by atoms with Crippen LogP contribution in [0.4, 0.5) is 22.7 Å². The van der Waals surface area contributed by atoms with E-state index in [4.69, 9.17) is 9.47 Å². The summed E-state index contributed by atoms with van der Waals surface area (Å²) in [6, 6.07) is 10.9. The molecule has 142 valence electrons. The fraction of sp³-hybridized carbons (Fsp3) is 0.278. The van der Waals surface area contributed by atoms with Crippen LogP contribution in [0.5, 0.6) is 5.75 Å². The van der Waals surface area contributed by atoms with Crippen molar-refractivity contribution in [2.45, 2.75) is 6.92 Å². The first-order chi connectivity index (χ1) is 12.9. The Bertz CT molecular complexity index is 834. The zero-order valence-electron chi connectivity index (χ0n) is 15.3. The molecule has 0 amide bonds. The average Bonchev–Trinajstić information content (AvgIpc) is 2.65. The van der Waals surface area contributed by atoms with Gasteiger partial charge in [0.2, 0.25) is 0 Å². The summed E-state index contributed by atoms with van der Waals surface area (Å²) in [5, 5.41) is 18.8. The van der Waals surface area contributed by atoms with E-state index in [-0.39, 0.29) is 18.9 Å². The van der Waals surface area contributed by atoms with Crippen LogP contribution in [-0.2, 0) is 9.53 Å². The maximum Gasteiger partial charge on any atom is 0.344 e. The van der Waals surface area contributed by atoms with Crippen molar-refractivity contribution in [3.8, 4) is 5.75 Å². The number of ether oxygens (including phenoxy) is 2. The number of hydrogen-bond donors (Lipinski definition) is 0. The number of anilines is 1. The van der Waals surface area contributed by atoms with Gasteiger partial charge in [0.05, 0.1) is 28.6 Å². The first kappa shape index (κ1) is 19.8. The third-order valence-electron chi connectivity index (χ3n) is 3.42. The molecule has 0 aromatic heterocycles. The summed E-state index contributed by atoms with van der Waals surface area (Å²) in [6.07, 6.45) is 0. The SMILES string of the molecule is CCOC(=O)COc1cc(N=Nc2ccc([N+](=O)[O-])cc2)ccc1N(C)C. The predicted octanol–water partition coefficient (Wildman–Crippen LogP) is 4.02. The fourth-order valence-electron chi connectivity index (χ4n) is 2.15. The van der Waals surface area contributed by atoms with Crippen LogP contribution in [0, 0.1) is 10.1 Å². The summed E-state index contributed by atoms with van der Waals surface area (Å²) in [5.74, 6) is 0.00770. The molecule has 0 spiro atoms. The van der Waals surface area contributed by atoms with Crippen LogP contribution < -0.4 is 9.64 Å². The van der Waals surface area contributed by atoms with Gasteiger partial charge in [-0.3, -0.25) is 10.1 Å². The molecule has 0 saturated heterocycles. The standard InChI is InChI=1S/C18H20N4O5/c1-4-26-18(23)12-27-17-11-14(7-10-16(17)21(2)3)20-19-13-5-8-15(9-6-13)22(24)25/h5-11H,4,12H2,1-3H3. The molecule has 0 atom stereocenters. The first-order valence-electron chi connectivity index (χ1n) is 8.16. The third kappa shape index (κ3) is 5.77. The molecule has 2 aromatic rings. The molecule has 0 fully saturated rings. The van der Waals surface area contributed by atoms with Crippen LogP contribution in [-0.4, -0.2) is 38.2 Å². The van der Waals surface area contributed by atoms with Crippen molar-refractivity contribution < 1.29 is 19.2 Å². The number of carbonyl (C=O) groups excluding carboxylic acids is 1. The lowest BCUT2D eigenvalue weighted by Gasteiger charge is -2.17. The Morgan fingerprint density at radius 1 is 1.11 bits per heavy atom. The van der Waals surface area contributed by atoms with E-state index in [2.05, 4.69) is 10.2 Å². The van der Waals surface area contributed by atoms with Gasteiger partial charge in [0.1, 0.15) is 5.75 Å². The van der Waals surface area contributed by atoms with Gasteiger partial charge < -0.3 is 14.4 Å². The molecule has 9 nitrogen and oxygen atoms in total.